The van der Waals surface area contributed by atoms with Crippen molar-refractivity contribution in [3.8, 4) is 11.6 Å². The molecule has 28 heavy (non-hydrogen) atoms. The molecule has 2 aromatic carbocycles. The fraction of sp³-hybridized carbons (Fsp3) is 0. The van der Waals surface area contributed by atoms with Crippen LogP contribution in [-0.2, 0) is 0 Å². The molecule has 0 aliphatic rings. The number of aromatic amines is 1. The van der Waals surface area contributed by atoms with E-state index in [1.807, 2.05) is 0 Å². The van der Waals surface area contributed by atoms with Gasteiger partial charge < -0.3 is 5.11 Å². The van der Waals surface area contributed by atoms with E-state index in [4.69, 9.17) is 46.4 Å². The zero-order chi connectivity index (χ0) is 20.4. The van der Waals surface area contributed by atoms with Crippen molar-refractivity contribution in [3.05, 3.63) is 82.9 Å². The standard InChI is InChI=1S/C17H10Cl4N4O3/c18-8-1-3-10(4-2-8)25-16(27)11(15(26)23-17(25)28)7-22-24-14-12(20)5-9(19)6-13(14)21/h1-7,24,27H,(H,23,26,28)/b22-7+. The Kier molecular flexibility index (Phi) is 6.00. The van der Waals surface area contributed by atoms with E-state index in [0.717, 1.165) is 10.8 Å². The van der Waals surface area contributed by atoms with Gasteiger partial charge in [0.05, 0.1) is 27.6 Å². The van der Waals surface area contributed by atoms with Crippen LogP contribution in [0, 0.1) is 0 Å². The van der Waals surface area contributed by atoms with Crippen LogP contribution in [0.1, 0.15) is 5.56 Å². The Morgan fingerprint density at radius 2 is 1.61 bits per heavy atom. The maximum atomic E-state index is 12.1. The Morgan fingerprint density at radius 3 is 2.21 bits per heavy atom. The molecule has 0 unspecified atom stereocenters. The summed E-state index contributed by atoms with van der Waals surface area (Å²) < 4.78 is 0.904. The number of aromatic nitrogens is 2. The summed E-state index contributed by atoms with van der Waals surface area (Å²) in [6, 6.07) is 9.00. The molecule has 0 saturated carbocycles. The summed E-state index contributed by atoms with van der Waals surface area (Å²) >= 11 is 23.7. The van der Waals surface area contributed by atoms with E-state index >= 15 is 0 Å². The normalized spacial score (nSPS) is 11.1. The molecule has 0 aliphatic carbocycles. The minimum atomic E-state index is -0.827. The van der Waals surface area contributed by atoms with Crippen molar-refractivity contribution < 1.29 is 5.11 Å². The van der Waals surface area contributed by atoms with Crippen LogP contribution in [-0.4, -0.2) is 20.9 Å². The fourth-order valence-electron chi connectivity index (χ4n) is 2.29. The minimum Gasteiger partial charge on any atom is -0.493 e. The molecule has 0 aliphatic heterocycles. The van der Waals surface area contributed by atoms with Crippen LogP contribution in [0.4, 0.5) is 5.69 Å². The lowest BCUT2D eigenvalue weighted by Gasteiger charge is -2.10. The van der Waals surface area contributed by atoms with E-state index in [-0.39, 0.29) is 21.3 Å². The molecule has 0 amide bonds. The van der Waals surface area contributed by atoms with Gasteiger partial charge in [-0.1, -0.05) is 46.4 Å². The van der Waals surface area contributed by atoms with Crippen LogP contribution < -0.4 is 16.7 Å². The Labute approximate surface area is 177 Å². The number of halogens is 4. The summed E-state index contributed by atoms with van der Waals surface area (Å²) in [6.07, 6.45) is 1.03. The molecule has 0 bridgehead atoms. The first kappa shape index (κ1) is 20.3. The molecule has 0 saturated heterocycles. The number of rotatable bonds is 4. The number of nitrogens with zero attached hydrogens (tertiary/aromatic N) is 2. The van der Waals surface area contributed by atoms with Crippen molar-refractivity contribution in [1.29, 1.82) is 0 Å². The van der Waals surface area contributed by atoms with Crippen molar-refractivity contribution in [3.63, 3.8) is 0 Å². The lowest BCUT2D eigenvalue weighted by atomic mass is 10.3. The van der Waals surface area contributed by atoms with Crippen molar-refractivity contribution in [2.24, 2.45) is 5.10 Å². The molecule has 7 nitrogen and oxygen atoms in total. The van der Waals surface area contributed by atoms with E-state index in [1.165, 1.54) is 36.4 Å². The van der Waals surface area contributed by atoms with Crippen LogP contribution >= 0.6 is 46.4 Å². The third kappa shape index (κ3) is 4.18. The van der Waals surface area contributed by atoms with Gasteiger partial charge in [-0.15, -0.1) is 0 Å². The monoisotopic (exact) mass is 458 g/mol. The molecule has 0 spiro atoms. The van der Waals surface area contributed by atoms with Gasteiger partial charge in [-0.3, -0.25) is 15.2 Å². The predicted octanol–water partition coefficient (Wildman–Crippen LogP) is 4.29. The molecular weight excluding hydrogens is 450 g/mol. The maximum absolute atomic E-state index is 12.1. The second kappa shape index (κ2) is 8.28. The first-order chi connectivity index (χ1) is 13.3. The number of hydrogen-bond donors (Lipinski definition) is 3. The highest BCUT2D eigenvalue weighted by Crippen LogP contribution is 2.33. The van der Waals surface area contributed by atoms with Crippen LogP contribution in [0.25, 0.3) is 5.69 Å². The van der Waals surface area contributed by atoms with Gasteiger partial charge in [-0.2, -0.15) is 5.10 Å². The van der Waals surface area contributed by atoms with E-state index in [0.29, 0.717) is 15.7 Å². The molecule has 0 fully saturated rings. The number of hydrazone groups is 1. The molecular formula is C17H10Cl4N4O3. The highest BCUT2D eigenvalue weighted by Gasteiger charge is 2.14. The molecule has 1 aromatic heterocycles. The largest absolute Gasteiger partial charge is 0.493 e. The second-order valence-electron chi connectivity index (χ2n) is 5.42. The Balaban J connectivity index is 2.00. The van der Waals surface area contributed by atoms with E-state index < -0.39 is 17.1 Å². The summed E-state index contributed by atoms with van der Waals surface area (Å²) in [5.74, 6) is -0.602. The highest BCUT2D eigenvalue weighted by atomic mass is 35.5. The third-order valence-corrected chi connectivity index (χ3v) is 4.65. The zero-order valence-electron chi connectivity index (χ0n) is 13.7. The number of H-pyrrole nitrogens is 1. The maximum Gasteiger partial charge on any atom is 0.335 e. The average Bonchev–Trinajstić information content (AvgIpc) is 2.61. The molecule has 3 N–H and O–H groups in total. The van der Waals surface area contributed by atoms with E-state index in [2.05, 4.69) is 15.5 Å². The summed E-state index contributed by atoms with van der Waals surface area (Å²) in [5, 5.41) is 15.5. The van der Waals surface area contributed by atoms with Crippen LogP contribution in [0.2, 0.25) is 20.1 Å². The smallest absolute Gasteiger partial charge is 0.335 e. The minimum absolute atomic E-state index is 0.207. The van der Waals surface area contributed by atoms with Crippen molar-refractivity contribution >= 4 is 58.3 Å². The molecule has 0 radical (unpaired) electrons. The Morgan fingerprint density at radius 1 is 1.00 bits per heavy atom. The molecule has 0 atom stereocenters. The number of anilines is 1. The lowest BCUT2D eigenvalue weighted by molar-refractivity contribution is 0.430. The summed E-state index contributed by atoms with van der Waals surface area (Å²) in [5.41, 5.74) is 1.22. The predicted molar refractivity (Wildman–Crippen MR) is 112 cm³/mol. The average molecular weight is 460 g/mol. The topological polar surface area (TPSA) is 99.5 Å². The van der Waals surface area contributed by atoms with Gasteiger partial charge in [0.25, 0.3) is 5.56 Å². The Hall–Kier alpha value is -2.45. The van der Waals surface area contributed by atoms with Gasteiger partial charge in [-0.05, 0) is 36.4 Å². The number of hydrogen-bond acceptors (Lipinski definition) is 5. The summed E-state index contributed by atoms with van der Waals surface area (Å²) in [4.78, 5) is 26.3. The molecule has 11 heteroatoms. The zero-order valence-corrected chi connectivity index (χ0v) is 16.7. The summed E-state index contributed by atoms with van der Waals surface area (Å²) in [7, 11) is 0. The van der Waals surface area contributed by atoms with Gasteiger partial charge in [0, 0.05) is 10.0 Å². The van der Waals surface area contributed by atoms with Gasteiger partial charge in [0.15, 0.2) is 0 Å². The van der Waals surface area contributed by atoms with Crippen molar-refractivity contribution in [1.82, 2.24) is 9.55 Å². The number of aromatic hydroxyl groups is 1. The molecule has 144 valence electrons. The highest BCUT2D eigenvalue weighted by molar-refractivity contribution is 6.41. The van der Waals surface area contributed by atoms with E-state index in [1.54, 1.807) is 0 Å². The number of nitrogens with one attached hydrogen (secondary N) is 2. The van der Waals surface area contributed by atoms with Gasteiger partial charge in [0.2, 0.25) is 5.88 Å². The fourth-order valence-corrected chi connectivity index (χ4v) is 3.32. The van der Waals surface area contributed by atoms with Crippen molar-refractivity contribution in [2.75, 3.05) is 5.43 Å². The lowest BCUT2D eigenvalue weighted by Crippen LogP contribution is -2.31. The quantitative estimate of drug-likeness (QED) is 0.400. The first-order valence-electron chi connectivity index (χ1n) is 7.56. The first-order valence-corrected chi connectivity index (χ1v) is 9.07. The van der Waals surface area contributed by atoms with Crippen LogP contribution in [0.3, 0.4) is 0 Å². The third-order valence-electron chi connectivity index (χ3n) is 3.58. The van der Waals surface area contributed by atoms with Gasteiger partial charge >= 0.3 is 5.69 Å². The van der Waals surface area contributed by atoms with Crippen molar-refractivity contribution in [2.45, 2.75) is 0 Å². The SMILES string of the molecule is O=c1[nH]c(=O)n(-c2ccc(Cl)cc2)c(O)c1/C=N/Nc1c(Cl)cc(Cl)cc1Cl. The molecule has 3 aromatic rings. The van der Waals surface area contributed by atoms with Gasteiger partial charge in [-0.25, -0.2) is 9.36 Å². The molecule has 1 heterocycles. The number of benzene rings is 2. The second-order valence-corrected chi connectivity index (χ2v) is 7.11. The van der Waals surface area contributed by atoms with Crippen LogP contribution in [0.15, 0.2) is 51.1 Å². The van der Waals surface area contributed by atoms with E-state index in [9.17, 15) is 14.7 Å². The van der Waals surface area contributed by atoms with Crippen LogP contribution in [0.5, 0.6) is 5.88 Å². The molecule has 3 rings (SSSR count). The Bertz CT molecular complexity index is 1160. The van der Waals surface area contributed by atoms with Gasteiger partial charge in [0.1, 0.15) is 5.56 Å². The summed E-state index contributed by atoms with van der Waals surface area (Å²) in [6.45, 7) is 0.